The first-order valence-electron chi connectivity index (χ1n) is 14.3. The van der Waals surface area contributed by atoms with E-state index in [9.17, 15) is 0 Å². The molecule has 5 aromatic carbocycles. The van der Waals surface area contributed by atoms with Crippen LogP contribution in [0.2, 0.25) is 0 Å². The number of nitrogens with zero attached hydrogens (tertiary/aromatic N) is 3. The van der Waals surface area contributed by atoms with E-state index in [0.29, 0.717) is 0 Å². The third-order valence-corrected chi connectivity index (χ3v) is 9.11. The minimum absolute atomic E-state index is 0.211. The quantitative estimate of drug-likeness (QED) is 0.220. The van der Waals surface area contributed by atoms with Gasteiger partial charge < -0.3 is 4.57 Å². The van der Waals surface area contributed by atoms with Crippen molar-refractivity contribution in [3.8, 4) is 22.6 Å². The number of rotatable bonds is 2. The molecule has 3 aromatic heterocycles. The monoisotopic (exact) mass is 525 g/mol. The first kappa shape index (κ1) is 22.6. The molecule has 0 N–H and O–H groups in total. The molecule has 3 nitrogen and oxygen atoms in total. The Labute approximate surface area is 237 Å². The molecule has 41 heavy (non-hydrogen) atoms. The first-order chi connectivity index (χ1) is 20.2. The molecule has 0 aliphatic heterocycles. The third-order valence-electron chi connectivity index (χ3n) is 9.11. The van der Waals surface area contributed by atoms with Gasteiger partial charge in [-0.1, -0.05) is 98.8 Å². The average Bonchev–Trinajstić information content (AvgIpc) is 3.62. The summed E-state index contributed by atoms with van der Waals surface area (Å²) in [6, 6.07) is 43.8. The second kappa shape index (κ2) is 7.96. The minimum Gasteiger partial charge on any atom is -0.309 e. The van der Waals surface area contributed by atoms with Gasteiger partial charge in [-0.15, -0.1) is 0 Å². The lowest BCUT2D eigenvalue weighted by atomic mass is 9.81. The summed E-state index contributed by atoms with van der Waals surface area (Å²) < 4.78 is 4.90. The van der Waals surface area contributed by atoms with Crippen molar-refractivity contribution in [1.29, 1.82) is 0 Å². The zero-order valence-corrected chi connectivity index (χ0v) is 23.0. The van der Waals surface area contributed by atoms with Gasteiger partial charge in [0.15, 0.2) is 0 Å². The highest BCUT2D eigenvalue weighted by atomic mass is 15.1. The van der Waals surface area contributed by atoms with Crippen molar-refractivity contribution in [2.75, 3.05) is 0 Å². The van der Waals surface area contributed by atoms with Gasteiger partial charge in [-0.2, -0.15) is 0 Å². The number of pyridine rings is 1. The van der Waals surface area contributed by atoms with Crippen LogP contribution in [0.3, 0.4) is 0 Å². The Hall–Kier alpha value is -5.15. The van der Waals surface area contributed by atoms with Gasteiger partial charge in [-0.25, -0.2) is 4.98 Å². The van der Waals surface area contributed by atoms with Crippen molar-refractivity contribution in [2.24, 2.45) is 0 Å². The van der Waals surface area contributed by atoms with E-state index in [1.165, 1.54) is 71.6 Å². The molecule has 3 heterocycles. The number of benzene rings is 5. The molecule has 0 radical (unpaired) electrons. The molecular formula is C38H27N3. The smallest absolute Gasteiger partial charge is 0.137 e. The van der Waals surface area contributed by atoms with E-state index in [-0.39, 0.29) is 5.41 Å². The van der Waals surface area contributed by atoms with E-state index in [2.05, 4.69) is 138 Å². The number of para-hydroxylation sites is 3. The molecule has 0 unspecified atom stereocenters. The van der Waals surface area contributed by atoms with Gasteiger partial charge in [0, 0.05) is 44.4 Å². The molecule has 3 heteroatoms. The Morgan fingerprint density at radius 3 is 1.90 bits per heavy atom. The molecule has 0 bridgehead atoms. The Bertz CT molecular complexity index is 2320. The fourth-order valence-electron chi connectivity index (χ4n) is 7.52. The normalized spacial score (nSPS) is 13.8. The molecule has 194 valence electrons. The van der Waals surface area contributed by atoms with Crippen molar-refractivity contribution in [3.63, 3.8) is 0 Å². The highest BCUT2D eigenvalue weighted by molar-refractivity contribution is 6.33. The molecular weight excluding hydrogens is 498 g/mol. The largest absolute Gasteiger partial charge is 0.309 e. The zero-order chi connectivity index (χ0) is 27.3. The van der Waals surface area contributed by atoms with Gasteiger partial charge >= 0.3 is 0 Å². The molecule has 0 saturated heterocycles. The van der Waals surface area contributed by atoms with E-state index in [0.717, 1.165) is 5.82 Å². The molecule has 8 aromatic rings. The van der Waals surface area contributed by atoms with Crippen LogP contribution in [0.5, 0.6) is 0 Å². The number of aromatic nitrogens is 3. The predicted molar refractivity (Wildman–Crippen MR) is 170 cm³/mol. The second-order valence-corrected chi connectivity index (χ2v) is 11.6. The Kier molecular flexibility index (Phi) is 4.39. The zero-order valence-electron chi connectivity index (χ0n) is 23.0. The van der Waals surface area contributed by atoms with Crippen molar-refractivity contribution in [2.45, 2.75) is 19.3 Å². The van der Waals surface area contributed by atoms with E-state index in [1.807, 2.05) is 12.3 Å². The van der Waals surface area contributed by atoms with Gasteiger partial charge in [0.25, 0.3) is 0 Å². The maximum atomic E-state index is 4.90. The van der Waals surface area contributed by atoms with Gasteiger partial charge in [0.2, 0.25) is 0 Å². The summed E-state index contributed by atoms with van der Waals surface area (Å²) in [7, 11) is 0. The lowest BCUT2D eigenvalue weighted by molar-refractivity contribution is 0.664. The molecule has 1 aliphatic rings. The van der Waals surface area contributed by atoms with Crippen LogP contribution in [0.1, 0.15) is 25.0 Å². The topological polar surface area (TPSA) is 22.8 Å². The van der Waals surface area contributed by atoms with Crippen LogP contribution >= 0.6 is 0 Å². The van der Waals surface area contributed by atoms with E-state index in [1.54, 1.807) is 0 Å². The molecule has 0 fully saturated rings. The third kappa shape index (κ3) is 2.80. The summed E-state index contributed by atoms with van der Waals surface area (Å²) in [6.07, 6.45) is 1.90. The van der Waals surface area contributed by atoms with E-state index in [4.69, 9.17) is 4.98 Å². The predicted octanol–water partition coefficient (Wildman–Crippen LogP) is 9.58. The van der Waals surface area contributed by atoms with Crippen LogP contribution in [0.4, 0.5) is 0 Å². The maximum absolute atomic E-state index is 4.90. The van der Waals surface area contributed by atoms with Crippen LogP contribution in [-0.2, 0) is 5.41 Å². The lowest BCUT2D eigenvalue weighted by Gasteiger charge is -2.24. The highest BCUT2D eigenvalue weighted by Gasteiger charge is 2.41. The van der Waals surface area contributed by atoms with Crippen LogP contribution in [0, 0.1) is 0 Å². The summed E-state index contributed by atoms with van der Waals surface area (Å²) in [6.45, 7) is 4.78. The summed E-state index contributed by atoms with van der Waals surface area (Å²) in [4.78, 5) is 4.90. The minimum atomic E-state index is -0.211. The standard InChI is InChI=1S/C38H27N3/c1-38(2)28-19-9-6-16-25(28)34-35(38)37-33(27-18-8-11-21-30(27)41(37)31-22-12-13-23-39-31)32-26-17-7-10-20-29(26)40(36(32)34)24-14-4-3-5-15-24/h3-23H,1-2H3. The molecule has 1 aliphatic carbocycles. The maximum Gasteiger partial charge on any atom is 0.137 e. The van der Waals surface area contributed by atoms with Gasteiger partial charge in [-0.3, -0.25) is 4.57 Å². The number of hydrogen-bond donors (Lipinski definition) is 0. The van der Waals surface area contributed by atoms with Crippen LogP contribution in [0.15, 0.2) is 128 Å². The van der Waals surface area contributed by atoms with Crippen molar-refractivity contribution >= 4 is 43.6 Å². The van der Waals surface area contributed by atoms with E-state index >= 15 is 0 Å². The highest BCUT2D eigenvalue weighted by Crippen LogP contribution is 2.57. The van der Waals surface area contributed by atoms with Crippen LogP contribution in [0.25, 0.3) is 66.2 Å². The van der Waals surface area contributed by atoms with Gasteiger partial charge in [0.1, 0.15) is 5.82 Å². The van der Waals surface area contributed by atoms with Crippen LogP contribution in [-0.4, -0.2) is 14.1 Å². The Morgan fingerprint density at radius 2 is 1.17 bits per heavy atom. The Morgan fingerprint density at radius 1 is 0.561 bits per heavy atom. The Balaban J connectivity index is 1.67. The fraction of sp³-hybridized carbons (Fsp3) is 0.0789. The van der Waals surface area contributed by atoms with Crippen LogP contribution < -0.4 is 0 Å². The van der Waals surface area contributed by atoms with Crippen molar-refractivity contribution < 1.29 is 0 Å². The number of hydrogen-bond acceptors (Lipinski definition) is 1. The first-order valence-corrected chi connectivity index (χ1v) is 14.3. The molecule has 0 spiro atoms. The van der Waals surface area contributed by atoms with E-state index < -0.39 is 0 Å². The molecule has 0 atom stereocenters. The van der Waals surface area contributed by atoms with Gasteiger partial charge in [-0.05, 0) is 53.1 Å². The second-order valence-electron chi connectivity index (χ2n) is 11.6. The summed E-state index contributed by atoms with van der Waals surface area (Å²) in [5.41, 5.74) is 11.3. The van der Waals surface area contributed by atoms with Gasteiger partial charge in [0.05, 0.1) is 22.1 Å². The average molecular weight is 526 g/mol. The summed E-state index contributed by atoms with van der Waals surface area (Å²) in [5, 5.41) is 5.12. The van der Waals surface area contributed by atoms with Crippen molar-refractivity contribution in [3.05, 3.63) is 139 Å². The number of fused-ring (bicyclic) bond motifs is 12. The summed E-state index contributed by atoms with van der Waals surface area (Å²) in [5.74, 6) is 0.943. The summed E-state index contributed by atoms with van der Waals surface area (Å²) >= 11 is 0. The fourth-order valence-corrected chi connectivity index (χ4v) is 7.52. The SMILES string of the molecule is CC1(C)c2ccccc2-c2c1c1c(c3ccccc3n1-c1ccccn1)c1c3ccccc3n(-c3ccccc3)c21. The molecule has 9 rings (SSSR count). The molecule has 0 amide bonds. The van der Waals surface area contributed by atoms with Crippen molar-refractivity contribution in [1.82, 2.24) is 14.1 Å². The lowest BCUT2D eigenvalue weighted by Crippen LogP contribution is -2.17. The molecule has 0 saturated carbocycles.